The van der Waals surface area contributed by atoms with Crippen LogP contribution in [-0.4, -0.2) is 61.6 Å². The lowest BCUT2D eigenvalue weighted by Crippen LogP contribution is -2.43. The second-order valence-corrected chi connectivity index (χ2v) is 12.0. The van der Waals surface area contributed by atoms with Gasteiger partial charge in [-0.25, -0.2) is 14.4 Å². The van der Waals surface area contributed by atoms with Crippen LogP contribution in [0, 0.1) is 6.92 Å². The Morgan fingerprint density at radius 1 is 1.05 bits per heavy atom. The van der Waals surface area contributed by atoms with Crippen molar-refractivity contribution in [2.24, 2.45) is 0 Å². The van der Waals surface area contributed by atoms with Gasteiger partial charge in [0.2, 0.25) is 0 Å². The fourth-order valence-electron chi connectivity index (χ4n) is 5.06. The summed E-state index contributed by atoms with van der Waals surface area (Å²) in [5.74, 6) is -0.219. The molecule has 11 heteroatoms. The van der Waals surface area contributed by atoms with Crippen LogP contribution in [0.1, 0.15) is 48.4 Å². The summed E-state index contributed by atoms with van der Waals surface area (Å²) in [6, 6.07) is 16.7. The molecular weight excluding hydrogens is 552 g/mol. The van der Waals surface area contributed by atoms with E-state index in [-0.39, 0.29) is 17.9 Å². The van der Waals surface area contributed by atoms with E-state index in [0.29, 0.717) is 5.82 Å². The largest absolute Gasteiger partial charge is 0.369 e. The van der Waals surface area contributed by atoms with Gasteiger partial charge in [-0.05, 0) is 47.9 Å². The Morgan fingerprint density at radius 2 is 1.79 bits per heavy atom. The topological polar surface area (TPSA) is 116 Å². The number of aryl methyl sites for hydroxylation is 1. The minimum Gasteiger partial charge on any atom is -0.369 e. The zero-order chi connectivity index (χ0) is 29.4. The Bertz CT molecular complexity index is 1730. The zero-order valence-electron chi connectivity index (χ0n) is 24.1. The summed E-state index contributed by atoms with van der Waals surface area (Å²) in [5, 5.41) is 8.25. The standard InChI is InChI=1S/C31H33ClN8O2/c1-19-15-21(5-6-22(19)17-40(32)29(41)28-37-30(38-42-28)31(2,3)4)26-24-16-25(36-27(24)35-18-34-26)20-7-9-23(10-8-20)39-13-11-33-12-14-39/h5-10,15-16,18,33H,11-14,17H2,1-4H3,(H,34,35,36). The SMILES string of the molecule is Cc1cc(-c2ncnc3[nH]c(-c4ccc(N5CCNCC5)cc4)cc23)ccc1CN(Cl)C(=O)c1nc(C(C)(C)C)no1. The number of piperazine rings is 1. The highest BCUT2D eigenvalue weighted by Crippen LogP contribution is 2.32. The highest BCUT2D eigenvalue weighted by Gasteiger charge is 2.27. The molecule has 1 fully saturated rings. The molecule has 1 saturated heterocycles. The number of benzene rings is 2. The molecule has 0 aliphatic carbocycles. The van der Waals surface area contributed by atoms with Crippen LogP contribution in [0.2, 0.25) is 0 Å². The molecular formula is C31H33ClN8O2. The van der Waals surface area contributed by atoms with Crippen molar-refractivity contribution < 1.29 is 9.32 Å². The molecule has 5 aromatic rings. The van der Waals surface area contributed by atoms with Crippen molar-refractivity contribution in [2.45, 2.75) is 39.7 Å². The van der Waals surface area contributed by atoms with E-state index < -0.39 is 5.91 Å². The average Bonchev–Trinajstić information content (AvgIpc) is 3.67. The number of carbonyl (C=O) groups is 1. The van der Waals surface area contributed by atoms with Crippen LogP contribution in [-0.2, 0) is 12.0 Å². The van der Waals surface area contributed by atoms with Gasteiger partial charge in [0, 0.05) is 65.7 Å². The highest BCUT2D eigenvalue weighted by atomic mass is 35.5. The molecule has 42 heavy (non-hydrogen) atoms. The van der Waals surface area contributed by atoms with Crippen molar-refractivity contribution in [3.8, 4) is 22.5 Å². The first-order chi connectivity index (χ1) is 20.2. The smallest absolute Gasteiger partial charge is 0.327 e. The maximum atomic E-state index is 12.8. The molecule has 0 radical (unpaired) electrons. The molecule has 0 saturated carbocycles. The predicted octanol–water partition coefficient (Wildman–Crippen LogP) is 5.49. The number of halogens is 1. The van der Waals surface area contributed by atoms with Gasteiger partial charge >= 0.3 is 11.8 Å². The Hall–Kier alpha value is -4.28. The normalized spacial score (nSPS) is 14.0. The van der Waals surface area contributed by atoms with Crippen molar-refractivity contribution >= 4 is 34.4 Å². The van der Waals surface area contributed by atoms with Crippen LogP contribution in [0.25, 0.3) is 33.5 Å². The summed E-state index contributed by atoms with van der Waals surface area (Å²) in [5.41, 5.74) is 7.38. The lowest BCUT2D eigenvalue weighted by atomic mass is 9.96. The van der Waals surface area contributed by atoms with Crippen LogP contribution in [0.4, 0.5) is 5.69 Å². The fraction of sp³-hybridized carbons (Fsp3) is 0.323. The molecule has 3 aromatic heterocycles. The summed E-state index contributed by atoms with van der Waals surface area (Å²) in [7, 11) is 0. The van der Waals surface area contributed by atoms with Crippen molar-refractivity contribution in [3.63, 3.8) is 0 Å². The van der Waals surface area contributed by atoms with Crippen LogP contribution >= 0.6 is 11.8 Å². The molecule has 0 bridgehead atoms. The third-order valence-corrected chi connectivity index (χ3v) is 7.78. The van der Waals surface area contributed by atoms with Gasteiger partial charge in [0.1, 0.15) is 12.0 Å². The molecule has 2 N–H and O–H groups in total. The number of fused-ring (bicyclic) bond motifs is 1. The molecule has 0 atom stereocenters. The van der Waals surface area contributed by atoms with E-state index in [4.69, 9.17) is 16.3 Å². The summed E-state index contributed by atoms with van der Waals surface area (Å²) in [4.78, 5) is 32.0. The molecule has 0 unspecified atom stereocenters. The van der Waals surface area contributed by atoms with E-state index in [2.05, 4.69) is 65.6 Å². The molecule has 1 aliphatic rings. The first kappa shape index (κ1) is 27.9. The van der Waals surface area contributed by atoms with E-state index in [1.807, 2.05) is 45.9 Å². The third-order valence-electron chi connectivity index (χ3n) is 7.51. The number of nitrogens with one attached hydrogen (secondary N) is 2. The van der Waals surface area contributed by atoms with Gasteiger partial charge in [-0.1, -0.05) is 50.2 Å². The Labute approximate surface area is 249 Å². The summed E-state index contributed by atoms with van der Waals surface area (Å²) in [6.45, 7) is 12.0. The maximum Gasteiger partial charge on any atom is 0.327 e. The number of H-pyrrole nitrogens is 1. The Balaban J connectivity index is 1.21. The number of amides is 1. The number of aromatic amines is 1. The molecule has 1 aliphatic heterocycles. The molecule has 2 aromatic carbocycles. The van der Waals surface area contributed by atoms with Crippen LogP contribution < -0.4 is 10.2 Å². The van der Waals surface area contributed by atoms with E-state index in [1.54, 1.807) is 6.33 Å². The van der Waals surface area contributed by atoms with Crippen LogP contribution in [0.5, 0.6) is 0 Å². The number of rotatable bonds is 6. The van der Waals surface area contributed by atoms with Crippen LogP contribution in [0.15, 0.2) is 59.4 Å². The summed E-state index contributed by atoms with van der Waals surface area (Å²) in [6.07, 6.45) is 1.57. The van der Waals surface area contributed by atoms with E-state index in [9.17, 15) is 4.79 Å². The summed E-state index contributed by atoms with van der Waals surface area (Å²) < 4.78 is 6.24. The van der Waals surface area contributed by atoms with E-state index in [0.717, 1.165) is 75.3 Å². The molecule has 6 rings (SSSR count). The Kier molecular flexibility index (Phi) is 7.42. The fourth-order valence-corrected chi connectivity index (χ4v) is 5.26. The predicted molar refractivity (Wildman–Crippen MR) is 163 cm³/mol. The highest BCUT2D eigenvalue weighted by molar-refractivity contribution is 6.23. The van der Waals surface area contributed by atoms with Crippen molar-refractivity contribution in [2.75, 3.05) is 31.1 Å². The number of hydrogen-bond donors (Lipinski definition) is 2. The number of anilines is 1. The van der Waals surface area contributed by atoms with Gasteiger partial charge in [-0.15, -0.1) is 0 Å². The molecule has 4 heterocycles. The van der Waals surface area contributed by atoms with Crippen molar-refractivity contribution in [3.05, 3.63) is 77.7 Å². The third kappa shape index (κ3) is 5.60. The minimum atomic E-state index is -0.540. The first-order valence-electron chi connectivity index (χ1n) is 14.0. The first-order valence-corrected chi connectivity index (χ1v) is 14.3. The number of aromatic nitrogens is 5. The Morgan fingerprint density at radius 3 is 2.48 bits per heavy atom. The van der Waals surface area contributed by atoms with Gasteiger partial charge in [0.15, 0.2) is 5.82 Å². The van der Waals surface area contributed by atoms with Crippen molar-refractivity contribution in [1.29, 1.82) is 0 Å². The van der Waals surface area contributed by atoms with E-state index >= 15 is 0 Å². The van der Waals surface area contributed by atoms with Crippen LogP contribution in [0.3, 0.4) is 0 Å². The minimum absolute atomic E-state index is 0.130. The van der Waals surface area contributed by atoms with Gasteiger partial charge in [0.25, 0.3) is 0 Å². The lowest BCUT2D eigenvalue weighted by Gasteiger charge is -2.29. The second-order valence-electron chi connectivity index (χ2n) is 11.6. The van der Waals surface area contributed by atoms with E-state index in [1.165, 1.54) is 5.69 Å². The second kappa shape index (κ2) is 11.2. The number of hydrogen-bond acceptors (Lipinski definition) is 8. The average molecular weight is 585 g/mol. The van der Waals surface area contributed by atoms with Gasteiger partial charge in [-0.2, -0.15) is 4.98 Å². The monoisotopic (exact) mass is 584 g/mol. The maximum absolute atomic E-state index is 12.8. The quantitative estimate of drug-likeness (QED) is 0.252. The number of nitrogens with zero attached hydrogens (tertiary/aromatic N) is 6. The van der Waals surface area contributed by atoms with Gasteiger partial charge < -0.3 is 19.7 Å². The molecule has 10 nitrogen and oxygen atoms in total. The van der Waals surface area contributed by atoms with Crippen molar-refractivity contribution in [1.82, 2.24) is 34.8 Å². The number of carbonyl (C=O) groups excluding carboxylic acids is 1. The molecule has 1 amide bonds. The van der Waals surface area contributed by atoms with Gasteiger partial charge in [-0.3, -0.25) is 4.79 Å². The lowest BCUT2D eigenvalue weighted by molar-refractivity contribution is 0.0809. The summed E-state index contributed by atoms with van der Waals surface area (Å²) >= 11 is 6.37. The van der Waals surface area contributed by atoms with Gasteiger partial charge in [0.05, 0.1) is 12.2 Å². The molecule has 0 spiro atoms. The zero-order valence-corrected chi connectivity index (χ0v) is 24.9. The molecule has 216 valence electrons.